The number of carbonyl (C=O) groups excluding carboxylic acids is 2. The van der Waals surface area contributed by atoms with Gasteiger partial charge in [-0.3, -0.25) is 9.59 Å². The van der Waals surface area contributed by atoms with Gasteiger partial charge in [-0.2, -0.15) is 0 Å². The van der Waals surface area contributed by atoms with Crippen LogP contribution in [-0.4, -0.2) is 35.4 Å². The monoisotopic (exact) mass is 270 g/mol. The van der Waals surface area contributed by atoms with Crippen molar-refractivity contribution in [1.29, 1.82) is 0 Å². The fraction of sp³-hybridized carbons (Fsp3) is 0.583. The number of rotatable bonds is 6. The number of esters is 1. The largest absolute Gasteiger partial charge is 0.466 e. The minimum atomic E-state index is -0.326. The maximum absolute atomic E-state index is 11.8. The van der Waals surface area contributed by atoms with E-state index in [0.29, 0.717) is 13.2 Å². The molecule has 5 nitrogen and oxygen atoms in total. The topological polar surface area (TPSA) is 59.5 Å². The van der Waals surface area contributed by atoms with Gasteiger partial charge in [-0.15, -0.1) is 11.3 Å². The van der Waals surface area contributed by atoms with E-state index in [-0.39, 0.29) is 24.7 Å². The summed E-state index contributed by atoms with van der Waals surface area (Å²) in [6.07, 6.45) is 0.325. The van der Waals surface area contributed by atoms with Crippen LogP contribution in [0.15, 0.2) is 5.51 Å². The molecule has 0 aromatic carbocycles. The highest BCUT2D eigenvalue weighted by Crippen LogP contribution is 2.14. The van der Waals surface area contributed by atoms with E-state index in [1.54, 1.807) is 24.4 Å². The highest BCUT2D eigenvalue weighted by molar-refractivity contribution is 7.09. The molecule has 100 valence electrons. The summed E-state index contributed by atoms with van der Waals surface area (Å²) in [4.78, 5) is 29.7. The lowest BCUT2D eigenvalue weighted by Gasteiger charge is -2.16. The van der Waals surface area contributed by atoms with Crippen LogP contribution < -0.4 is 0 Å². The van der Waals surface area contributed by atoms with Crippen molar-refractivity contribution in [3.63, 3.8) is 0 Å². The molecule has 0 radical (unpaired) electrons. The first kappa shape index (κ1) is 14.6. The Morgan fingerprint density at radius 3 is 2.72 bits per heavy atom. The number of nitrogens with zero attached hydrogens (tertiary/aromatic N) is 2. The third-order valence-corrected chi connectivity index (χ3v) is 3.42. The average molecular weight is 270 g/mol. The highest BCUT2D eigenvalue weighted by atomic mass is 32.1. The lowest BCUT2D eigenvalue weighted by molar-refractivity contribution is -0.145. The molecule has 6 heteroatoms. The van der Waals surface area contributed by atoms with Gasteiger partial charge >= 0.3 is 5.97 Å². The van der Waals surface area contributed by atoms with E-state index in [4.69, 9.17) is 4.74 Å². The summed E-state index contributed by atoms with van der Waals surface area (Å²) in [6.45, 7) is 4.56. The second-order valence-corrected chi connectivity index (χ2v) is 4.86. The molecular weight excluding hydrogens is 252 g/mol. The quantitative estimate of drug-likeness (QED) is 0.739. The zero-order valence-corrected chi connectivity index (χ0v) is 11.7. The van der Waals surface area contributed by atoms with Gasteiger partial charge in [0.05, 0.1) is 30.8 Å². The van der Waals surface area contributed by atoms with E-state index in [9.17, 15) is 9.59 Å². The molecule has 0 atom stereocenters. The zero-order chi connectivity index (χ0) is 13.5. The van der Waals surface area contributed by atoms with E-state index in [2.05, 4.69) is 4.98 Å². The molecule has 1 rings (SSSR count). The SMILES string of the molecule is CCOC(=O)CCC(=O)N(C)Cc1scnc1C. The van der Waals surface area contributed by atoms with Crippen molar-refractivity contribution >= 4 is 23.2 Å². The maximum atomic E-state index is 11.8. The van der Waals surface area contributed by atoms with Gasteiger partial charge in [-0.05, 0) is 13.8 Å². The van der Waals surface area contributed by atoms with Gasteiger partial charge in [-0.1, -0.05) is 0 Å². The first-order valence-electron chi connectivity index (χ1n) is 5.83. The van der Waals surface area contributed by atoms with Crippen LogP contribution in [0.5, 0.6) is 0 Å². The van der Waals surface area contributed by atoms with Crippen molar-refractivity contribution in [2.24, 2.45) is 0 Å². The second-order valence-electron chi connectivity index (χ2n) is 3.92. The smallest absolute Gasteiger partial charge is 0.306 e. The second kappa shape index (κ2) is 7.10. The van der Waals surface area contributed by atoms with Crippen LogP contribution >= 0.6 is 11.3 Å². The van der Waals surface area contributed by atoms with Crippen LogP contribution in [0, 0.1) is 6.92 Å². The summed E-state index contributed by atoms with van der Waals surface area (Å²) >= 11 is 1.53. The van der Waals surface area contributed by atoms with Crippen LogP contribution in [0.1, 0.15) is 30.3 Å². The maximum Gasteiger partial charge on any atom is 0.306 e. The summed E-state index contributed by atoms with van der Waals surface area (Å²) < 4.78 is 4.78. The molecule has 18 heavy (non-hydrogen) atoms. The van der Waals surface area contributed by atoms with Crippen molar-refractivity contribution < 1.29 is 14.3 Å². The van der Waals surface area contributed by atoms with Crippen molar-refractivity contribution in [1.82, 2.24) is 9.88 Å². The van der Waals surface area contributed by atoms with Crippen molar-refractivity contribution in [3.05, 3.63) is 16.1 Å². The molecule has 0 saturated carbocycles. The number of aryl methyl sites for hydroxylation is 1. The number of ether oxygens (including phenoxy) is 1. The van der Waals surface area contributed by atoms with Crippen molar-refractivity contribution in [3.8, 4) is 0 Å². The highest BCUT2D eigenvalue weighted by Gasteiger charge is 2.13. The molecule has 0 aliphatic heterocycles. The Balaban J connectivity index is 2.38. The molecule has 0 spiro atoms. The molecule has 1 heterocycles. The Morgan fingerprint density at radius 2 is 2.17 bits per heavy atom. The van der Waals surface area contributed by atoms with E-state index < -0.39 is 0 Å². The third kappa shape index (κ3) is 4.44. The van der Waals surface area contributed by atoms with Gasteiger partial charge < -0.3 is 9.64 Å². The average Bonchev–Trinajstić information content (AvgIpc) is 2.72. The van der Waals surface area contributed by atoms with Crippen molar-refractivity contribution in [2.45, 2.75) is 33.2 Å². The molecule has 1 aromatic rings. The molecule has 1 aromatic heterocycles. The van der Waals surface area contributed by atoms with E-state index in [1.165, 1.54) is 11.3 Å². The van der Waals surface area contributed by atoms with Gasteiger partial charge in [0.15, 0.2) is 0 Å². The normalized spacial score (nSPS) is 10.2. The number of thiazole rings is 1. The standard InChI is InChI=1S/C12H18N2O3S/c1-4-17-12(16)6-5-11(15)14(3)7-10-9(2)13-8-18-10/h8H,4-7H2,1-3H3. The van der Waals surface area contributed by atoms with Crippen LogP contribution in [0.3, 0.4) is 0 Å². The number of hydrogen-bond donors (Lipinski definition) is 0. The summed E-state index contributed by atoms with van der Waals surface area (Å²) in [5.74, 6) is -0.385. The minimum absolute atomic E-state index is 0.0594. The van der Waals surface area contributed by atoms with Gasteiger partial charge in [0.1, 0.15) is 0 Å². The summed E-state index contributed by atoms with van der Waals surface area (Å²) in [7, 11) is 1.73. The Kier molecular flexibility index (Phi) is 5.77. The first-order chi connectivity index (χ1) is 8.54. The van der Waals surface area contributed by atoms with Crippen LogP contribution in [-0.2, 0) is 20.9 Å². The fourth-order valence-corrected chi connectivity index (χ4v) is 2.24. The minimum Gasteiger partial charge on any atom is -0.466 e. The molecule has 0 fully saturated rings. The summed E-state index contributed by atoms with van der Waals surface area (Å²) in [6, 6.07) is 0. The molecule has 0 bridgehead atoms. The molecule has 0 unspecified atom stereocenters. The lowest BCUT2D eigenvalue weighted by atomic mass is 10.2. The summed E-state index contributed by atoms with van der Waals surface area (Å²) in [5, 5.41) is 0. The zero-order valence-electron chi connectivity index (χ0n) is 10.9. The third-order valence-electron chi connectivity index (χ3n) is 2.50. The molecule has 1 amide bonds. The summed E-state index contributed by atoms with van der Waals surface area (Å²) in [5.41, 5.74) is 2.71. The number of hydrogen-bond acceptors (Lipinski definition) is 5. The van der Waals surface area contributed by atoms with Gasteiger partial charge in [0.25, 0.3) is 0 Å². The molecular formula is C12H18N2O3S. The predicted molar refractivity (Wildman–Crippen MR) is 69.2 cm³/mol. The molecule has 0 aliphatic carbocycles. The van der Waals surface area contributed by atoms with E-state index in [1.807, 2.05) is 6.92 Å². The van der Waals surface area contributed by atoms with E-state index in [0.717, 1.165) is 10.6 Å². The predicted octanol–water partition coefficient (Wildman–Crippen LogP) is 1.75. The Hall–Kier alpha value is -1.43. The molecule has 0 aliphatic rings. The van der Waals surface area contributed by atoms with Crippen molar-refractivity contribution in [2.75, 3.05) is 13.7 Å². The fourth-order valence-electron chi connectivity index (χ4n) is 1.41. The molecule has 0 saturated heterocycles. The van der Waals surface area contributed by atoms with Gasteiger partial charge in [0.2, 0.25) is 5.91 Å². The van der Waals surface area contributed by atoms with Crippen LogP contribution in [0.4, 0.5) is 0 Å². The number of aromatic nitrogens is 1. The molecule has 0 N–H and O–H groups in total. The van der Waals surface area contributed by atoms with Crippen LogP contribution in [0.25, 0.3) is 0 Å². The Labute approximate surface area is 111 Å². The number of carbonyl (C=O) groups is 2. The van der Waals surface area contributed by atoms with Gasteiger partial charge in [0, 0.05) is 18.3 Å². The van der Waals surface area contributed by atoms with Gasteiger partial charge in [-0.25, -0.2) is 4.98 Å². The Morgan fingerprint density at radius 1 is 1.44 bits per heavy atom. The lowest BCUT2D eigenvalue weighted by Crippen LogP contribution is -2.26. The van der Waals surface area contributed by atoms with Crippen LogP contribution in [0.2, 0.25) is 0 Å². The van der Waals surface area contributed by atoms with E-state index >= 15 is 0 Å². The first-order valence-corrected chi connectivity index (χ1v) is 6.71. The Bertz CT molecular complexity index is 417. The number of amides is 1.